The molecule has 0 saturated carbocycles. The lowest BCUT2D eigenvalue weighted by atomic mass is 10.1. The van der Waals surface area contributed by atoms with Crippen molar-refractivity contribution >= 4 is 15.9 Å². The molecule has 0 unspecified atom stereocenters. The van der Waals surface area contributed by atoms with Crippen LogP contribution in [0.4, 0.5) is 17.6 Å². The first kappa shape index (κ1) is 27.1. The third-order valence-corrected chi connectivity index (χ3v) is 8.09. The van der Waals surface area contributed by atoms with Gasteiger partial charge in [0.1, 0.15) is 17.9 Å². The molecule has 1 saturated heterocycles. The summed E-state index contributed by atoms with van der Waals surface area (Å²) in [6.07, 6.45) is -0.924. The van der Waals surface area contributed by atoms with Crippen LogP contribution in [-0.2, 0) is 27.5 Å². The van der Waals surface area contributed by atoms with Gasteiger partial charge < -0.3 is 5.32 Å². The predicted octanol–water partition coefficient (Wildman–Crippen LogP) is 3.43. The molecule has 0 spiro atoms. The molecule has 2 aromatic heterocycles. The van der Waals surface area contributed by atoms with Gasteiger partial charge in [-0.2, -0.15) is 22.7 Å². The van der Waals surface area contributed by atoms with Gasteiger partial charge in [-0.3, -0.25) is 9.78 Å². The lowest BCUT2D eigenvalue weighted by Gasteiger charge is -2.27. The molecule has 38 heavy (non-hydrogen) atoms. The Balaban J connectivity index is 1.54. The number of sulfonamides is 1. The number of aromatic nitrogens is 3. The first-order valence-electron chi connectivity index (χ1n) is 11.3. The number of rotatable bonds is 6. The monoisotopic (exact) mass is 548 g/mol. The SMILES string of the molecule is C[C@H]1CC[C@@H](C(=O)NCc2cc(-c3cnc(C(F)(F)F)nc3)ncc2C#N)N1S(=O)(=O)c1ccc(F)cc1. The van der Waals surface area contributed by atoms with Crippen molar-refractivity contribution in [3.8, 4) is 17.3 Å². The van der Waals surface area contributed by atoms with E-state index in [0.29, 0.717) is 12.0 Å². The van der Waals surface area contributed by atoms with Gasteiger partial charge in [0.15, 0.2) is 0 Å². The van der Waals surface area contributed by atoms with Gasteiger partial charge in [-0.15, -0.1) is 0 Å². The average molecular weight is 549 g/mol. The summed E-state index contributed by atoms with van der Waals surface area (Å²) in [5.41, 5.74) is 0.760. The standard InChI is InChI=1S/C24H20F4N6O3S/c1-14-2-7-21(34(14)38(36,37)19-5-3-18(25)4-6-19)22(35)31-10-15-8-20(30-11-16(15)9-29)17-12-32-23(33-13-17)24(26,27)28/h3-6,8,11-14,21H,2,7,10H2,1H3,(H,31,35)/t14-,21-/m0/s1. The van der Waals surface area contributed by atoms with Crippen molar-refractivity contribution in [2.24, 2.45) is 0 Å². The molecule has 1 aliphatic rings. The molecule has 1 aliphatic heterocycles. The molecule has 1 amide bonds. The van der Waals surface area contributed by atoms with Crippen LogP contribution in [0, 0.1) is 17.1 Å². The van der Waals surface area contributed by atoms with E-state index in [1.165, 1.54) is 12.3 Å². The van der Waals surface area contributed by atoms with E-state index in [2.05, 4.69) is 20.3 Å². The Morgan fingerprint density at radius 2 is 1.79 bits per heavy atom. The van der Waals surface area contributed by atoms with Crippen molar-refractivity contribution in [3.05, 3.63) is 71.7 Å². The maximum Gasteiger partial charge on any atom is 0.451 e. The van der Waals surface area contributed by atoms with Crippen LogP contribution in [0.3, 0.4) is 0 Å². The zero-order valence-corrected chi connectivity index (χ0v) is 20.6. The molecular weight excluding hydrogens is 528 g/mol. The quantitative estimate of drug-likeness (QED) is 0.468. The molecule has 4 rings (SSSR count). The Hall–Kier alpha value is -3.96. The first-order chi connectivity index (χ1) is 17.9. The van der Waals surface area contributed by atoms with Gasteiger partial charge in [0, 0.05) is 36.7 Å². The summed E-state index contributed by atoms with van der Waals surface area (Å²) in [5, 5.41) is 12.1. The minimum Gasteiger partial charge on any atom is -0.351 e. The smallest absolute Gasteiger partial charge is 0.351 e. The summed E-state index contributed by atoms with van der Waals surface area (Å²) < 4.78 is 79.1. The van der Waals surface area contributed by atoms with Gasteiger partial charge in [-0.1, -0.05) is 0 Å². The molecule has 3 aromatic rings. The molecule has 198 valence electrons. The van der Waals surface area contributed by atoms with Gasteiger partial charge >= 0.3 is 6.18 Å². The van der Waals surface area contributed by atoms with Crippen molar-refractivity contribution < 1.29 is 30.8 Å². The van der Waals surface area contributed by atoms with Crippen LogP contribution in [0.15, 0.2) is 53.8 Å². The Bertz CT molecular complexity index is 1490. The van der Waals surface area contributed by atoms with Crippen LogP contribution in [0.5, 0.6) is 0 Å². The van der Waals surface area contributed by atoms with Crippen molar-refractivity contribution in [2.45, 2.75) is 49.5 Å². The third-order valence-electron chi connectivity index (χ3n) is 6.06. The number of alkyl halides is 3. The minimum absolute atomic E-state index is 0.109. The molecule has 1 fully saturated rings. The molecule has 1 aromatic carbocycles. The van der Waals surface area contributed by atoms with E-state index in [1.54, 1.807) is 6.92 Å². The number of nitriles is 1. The summed E-state index contributed by atoms with van der Waals surface area (Å²) >= 11 is 0. The fourth-order valence-electron chi connectivity index (χ4n) is 4.15. The van der Waals surface area contributed by atoms with Gasteiger partial charge in [0.05, 0.1) is 16.2 Å². The van der Waals surface area contributed by atoms with Crippen molar-refractivity contribution in [1.29, 1.82) is 5.26 Å². The summed E-state index contributed by atoms with van der Waals surface area (Å²) in [4.78, 5) is 23.6. The van der Waals surface area contributed by atoms with E-state index < -0.39 is 45.8 Å². The summed E-state index contributed by atoms with van der Waals surface area (Å²) in [7, 11) is -4.10. The molecule has 0 aliphatic carbocycles. The van der Waals surface area contributed by atoms with E-state index in [1.807, 2.05) is 6.07 Å². The second-order valence-corrected chi connectivity index (χ2v) is 10.4. The van der Waals surface area contributed by atoms with Crippen LogP contribution in [-0.4, -0.2) is 45.7 Å². The average Bonchev–Trinajstić information content (AvgIpc) is 3.29. The number of amides is 1. The highest BCUT2D eigenvalue weighted by atomic mass is 32.2. The van der Waals surface area contributed by atoms with Crippen LogP contribution in [0.25, 0.3) is 11.3 Å². The van der Waals surface area contributed by atoms with Gasteiger partial charge in [0.2, 0.25) is 21.8 Å². The van der Waals surface area contributed by atoms with E-state index in [0.717, 1.165) is 41.0 Å². The third kappa shape index (κ3) is 5.48. The first-order valence-corrected chi connectivity index (χ1v) is 12.7. The molecule has 0 bridgehead atoms. The number of nitrogens with one attached hydrogen (secondary N) is 1. The van der Waals surface area contributed by atoms with Crippen LogP contribution < -0.4 is 5.32 Å². The Morgan fingerprint density at radius 1 is 1.13 bits per heavy atom. The predicted molar refractivity (Wildman–Crippen MR) is 125 cm³/mol. The summed E-state index contributed by atoms with van der Waals surface area (Å²) in [6.45, 7) is 1.50. The minimum atomic E-state index is -4.71. The van der Waals surface area contributed by atoms with Crippen LogP contribution in [0.2, 0.25) is 0 Å². The van der Waals surface area contributed by atoms with Crippen molar-refractivity contribution in [1.82, 2.24) is 24.6 Å². The molecule has 3 heterocycles. The maximum absolute atomic E-state index is 13.3. The zero-order valence-electron chi connectivity index (χ0n) is 19.8. The van der Waals surface area contributed by atoms with Crippen LogP contribution >= 0.6 is 0 Å². The molecule has 9 nitrogen and oxygen atoms in total. The van der Waals surface area contributed by atoms with E-state index in [9.17, 15) is 36.0 Å². The number of halogens is 4. The number of benzene rings is 1. The number of nitrogens with zero attached hydrogens (tertiary/aromatic N) is 5. The Labute approximate surface area is 215 Å². The van der Waals surface area contributed by atoms with Gasteiger partial charge in [-0.05, 0) is 55.7 Å². The number of carbonyl (C=O) groups is 1. The number of hydrogen-bond donors (Lipinski definition) is 1. The molecule has 14 heteroatoms. The normalized spacial score (nSPS) is 18.2. The lowest BCUT2D eigenvalue weighted by Crippen LogP contribution is -2.48. The van der Waals surface area contributed by atoms with Crippen molar-refractivity contribution in [2.75, 3.05) is 0 Å². The largest absolute Gasteiger partial charge is 0.451 e. The molecular formula is C24H20F4N6O3S. The fourth-order valence-corrected chi connectivity index (χ4v) is 5.99. The molecule has 2 atom stereocenters. The Morgan fingerprint density at radius 3 is 2.39 bits per heavy atom. The molecule has 0 radical (unpaired) electrons. The number of pyridine rings is 1. The maximum atomic E-state index is 13.3. The van der Waals surface area contributed by atoms with E-state index in [4.69, 9.17) is 0 Å². The van der Waals surface area contributed by atoms with E-state index in [-0.39, 0.29) is 34.7 Å². The Kier molecular flexibility index (Phi) is 7.43. The zero-order chi connectivity index (χ0) is 27.7. The number of carbonyl (C=O) groups excluding carboxylic acids is 1. The fraction of sp³-hybridized carbons (Fsp3) is 0.292. The second-order valence-electron chi connectivity index (χ2n) is 8.58. The second kappa shape index (κ2) is 10.4. The van der Waals surface area contributed by atoms with Crippen LogP contribution in [0.1, 0.15) is 36.7 Å². The van der Waals surface area contributed by atoms with Crippen molar-refractivity contribution in [3.63, 3.8) is 0 Å². The lowest BCUT2D eigenvalue weighted by molar-refractivity contribution is -0.145. The summed E-state index contributed by atoms with van der Waals surface area (Å²) in [6, 6.07) is 6.14. The van der Waals surface area contributed by atoms with E-state index >= 15 is 0 Å². The molecule has 1 N–H and O–H groups in total. The number of hydrogen-bond acceptors (Lipinski definition) is 7. The van der Waals surface area contributed by atoms with Gasteiger partial charge in [0.25, 0.3) is 0 Å². The summed E-state index contributed by atoms with van der Waals surface area (Å²) in [5.74, 6) is -2.51. The highest BCUT2D eigenvalue weighted by Crippen LogP contribution is 2.31. The topological polar surface area (TPSA) is 129 Å². The highest BCUT2D eigenvalue weighted by molar-refractivity contribution is 7.89. The van der Waals surface area contributed by atoms with Gasteiger partial charge in [-0.25, -0.2) is 22.8 Å². The highest BCUT2D eigenvalue weighted by Gasteiger charge is 2.43.